The molecule has 4 aromatic carbocycles. The minimum absolute atomic E-state index is 0.0157. The molecule has 4 unspecified atom stereocenters. The fourth-order valence-corrected chi connectivity index (χ4v) is 8.34. The number of phenols is 2. The number of rotatable bonds is 10. The fraction of sp³-hybridized carbons (Fsp3) is 0.278. The first-order valence-corrected chi connectivity index (χ1v) is 18.4. The van der Waals surface area contributed by atoms with Gasteiger partial charge >= 0.3 is 0 Å². The Morgan fingerprint density at radius 2 is 1.00 bits per heavy atom. The van der Waals surface area contributed by atoms with Crippen molar-refractivity contribution in [3.8, 4) is 11.5 Å². The van der Waals surface area contributed by atoms with Gasteiger partial charge < -0.3 is 20.8 Å². The minimum atomic E-state index is -0.0633. The van der Waals surface area contributed by atoms with Crippen LogP contribution in [0.15, 0.2) is 101 Å². The van der Waals surface area contributed by atoms with Gasteiger partial charge in [0.05, 0.1) is 34.6 Å². The van der Waals surface area contributed by atoms with Crippen molar-refractivity contribution in [3.63, 3.8) is 0 Å². The summed E-state index contributed by atoms with van der Waals surface area (Å²) in [5.41, 5.74) is 4.67. The normalized spacial score (nSPS) is 18.1. The average molecular weight is 876 g/mol. The molecule has 4 N–H and O–H groups in total. The molecule has 1 aliphatic carbocycles. The molecule has 4 aromatic rings. The molecule has 6 nitrogen and oxygen atoms in total. The van der Waals surface area contributed by atoms with Gasteiger partial charge in [0, 0.05) is 42.4 Å². The molecule has 5 rings (SSSR count). The summed E-state index contributed by atoms with van der Waals surface area (Å²) in [5, 5.41) is 29.6. The number of aliphatic imine (C=N–C) groups is 2. The maximum Gasteiger partial charge on any atom is 0.149 e. The zero-order valence-electron chi connectivity index (χ0n) is 25.5. The number of aromatic hydroxyl groups is 2. The van der Waals surface area contributed by atoms with Crippen molar-refractivity contribution in [2.24, 2.45) is 9.98 Å². The average Bonchev–Trinajstić information content (AvgIpc) is 3.05. The Bertz CT molecular complexity index is 1590. The van der Waals surface area contributed by atoms with Crippen LogP contribution in [-0.2, 0) is 0 Å². The standard InChI is InChI=1S/C36H36Br4N4O2/c1-21(23-11-5-3-6-12-23)43-33-29(39)17-27(37)25(35(33)45)19-41-31-15-9-10-16-32(31)42-20-26-28(38)18-30(40)34(36(26)46)44-22(2)24-13-7-4-8-14-24/h3-8,11-14,17-22,31-32,43-46H,9-10,15-16H2,1-2H3. The Morgan fingerprint density at radius 3 is 1.37 bits per heavy atom. The van der Waals surface area contributed by atoms with Crippen molar-refractivity contribution < 1.29 is 10.2 Å². The SMILES string of the molecule is CC(Nc1c(Br)cc(Br)c(C=NC2CCCCC2N=Cc2c(Br)cc(Br)c(NC(C)c3ccccc3)c2O)c1O)c1ccccc1. The van der Waals surface area contributed by atoms with Crippen molar-refractivity contribution in [2.75, 3.05) is 10.6 Å². The van der Waals surface area contributed by atoms with Crippen LogP contribution < -0.4 is 10.6 Å². The number of hydrogen-bond acceptors (Lipinski definition) is 6. The number of phenolic OH excluding ortho intramolecular Hbond substituents is 2. The number of anilines is 2. The molecule has 240 valence electrons. The molecule has 0 bridgehead atoms. The first-order valence-electron chi connectivity index (χ1n) is 15.2. The summed E-state index contributed by atoms with van der Waals surface area (Å²) >= 11 is 14.5. The van der Waals surface area contributed by atoms with E-state index in [-0.39, 0.29) is 35.7 Å². The molecule has 0 aromatic heterocycles. The highest BCUT2D eigenvalue weighted by atomic mass is 79.9. The van der Waals surface area contributed by atoms with Gasteiger partial charge in [-0.15, -0.1) is 0 Å². The lowest BCUT2D eigenvalue weighted by Crippen LogP contribution is -2.27. The second-order valence-electron chi connectivity index (χ2n) is 11.5. The molecule has 0 saturated heterocycles. The fourth-order valence-electron chi connectivity index (χ4n) is 5.63. The molecule has 0 amide bonds. The Balaban J connectivity index is 1.37. The van der Waals surface area contributed by atoms with Gasteiger partial charge in [-0.2, -0.15) is 0 Å². The Labute approximate surface area is 304 Å². The van der Waals surface area contributed by atoms with Gasteiger partial charge in [-0.1, -0.05) is 73.5 Å². The van der Waals surface area contributed by atoms with E-state index < -0.39 is 0 Å². The van der Waals surface area contributed by atoms with E-state index >= 15 is 0 Å². The van der Waals surface area contributed by atoms with Crippen LogP contribution in [0.3, 0.4) is 0 Å². The highest BCUT2D eigenvalue weighted by Gasteiger charge is 2.25. The summed E-state index contributed by atoms with van der Waals surface area (Å²) in [7, 11) is 0. The molecule has 4 atom stereocenters. The van der Waals surface area contributed by atoms with Gasteiger partial charge in [-0.3, -0.25) is 9.98 Å². The maximum absolute atomic E-state index is 11.4. The lowest BCUT2D eigenvalue weighted by molar-refractivity contribution is 0.390. The van der Waals surface area contributed by atoms with Crippen LogP contribution in [0, 0.1) is 0 Å². The van der Waals surface area contributed by atoms with Crippen LogP contribution in [0.25, 0.3) is 0 Å². The molecule has 1 saturated carbocycles. The van der Waals surface area contributed by atoms with Gasteiger partial charge in [0.15, 0.2) is 0 Å². The molecule has 0 heterocycles. The van der Waals surface area contributed by atoms with E-state index in [9.17, 15) is 10.2 Å². The highest BCUT2D eigenvalue weighted by Crippen LogP contribution is 2.42. The second-order valence-corrected chi connectivity index (χ2v) is 14.9. The van der Waals surface area contributed by atoms with E-state index in [0.29, 0.717) is 22.5 Å². The molecule has 0 aliphatic heterocycles. The Kier molecular flexibility index (Phi) is 12.0. The predicted molar refractivity (Wildman–Crippen MR) is 205 cm³/mol. The third-order valence-corrected chi connectivity index (χ3v) is 10.9. The smallest absolute Gasteiger partial charge is 0.149 e. The van der Waals surface area contributed by atoms with E-state index in [0.717, 1.165) is 54.7 Å². The third kappa shape index (κ3) is 8.24. The van der Waals surface area contributed by atoms with E-state index in [2.05, 4.69) is 112 Å². The van der Waals surface area contributed by atoms with Crippen LogP contribution in [0.2, 0.25) is 0 Å². The lowest BCUT2D eigenvalue weighted by Gasteiger charge is -2.26. The third-order valence-electron chi connectivity index (χ3n) is 8.29. The number of nitrogens with zero attached hydrogens (tertiary/aromatic N) is 2. The summed E-state index contributed by atoms with van der Waals surface area (Å²) in [6, 6.07) is 23.9. The van der Waals surface area contributed by atoms with Crippen LogP contribution in [0.1, 0.15) is 73.9 Å². The van der Waals surface area contributed by atoms with Crippen LogP contribution in [-0.4, -0.2) is 34.7 Å². The zero-order valence-corrected chi connectivity index (χ0v) is 31.9. The minimum Gasteiger partial charge on any atom is -0.505 e. The quantitative estimate of drug-likeness (QED) is 0.0944. The summed E-state index contributed by atoms with van der Waals surface area (Å²) in [6.07, 6.45) is 7.39. The first kappa shape index (κ1) is 34.7. The number of benzene rings is 4. The molecular weight excluding hydrogens is 840 g/mol. The number of halogens is 4. The number of hydrogen-bond donors (Lipinski definition) is 4. The maximum atomic E-state index is 11.4. The molecule has 1 fully saturated rings. The van der Waals surface area contributed by atoms with Crippen molar-refractivity contribution in [2.45, 2.75) is 63.7 Å². The lowest BCUT2D eigenvalue weighted by atomic mass is 9.91. The van der Waals surface area contributed by atoms with Gasteiger partial charge in [-0.25, -0.2) is 0 Å². The van der Waals surface area contributed by atoms with E-state index in [1.807, 2.05) is 48.5 Å². The highest BCUT2D eigenvalue weighted by molar-refractivity contribution is 9.11. The van der Waals surface area contributed by atoms with Gasteiger partial charge in [0.1, 0.15) is 11.5 Å². The van der Waals surface area contributed by atoms with Gasteiger partial charge in [0.2, 0.25) is 0 Å². The summed E-state index contributed by atoms with van der Waals surface area (Å²) in [6.45, 7) is 4.12. The summed E-state index contributed by atoms with van der Waals surface area (Å²) < 4.78 is 2.98. The largest absolute Gasteiger partial charge is 0.505 e. The molecular formula is C36H36Br4N4O2. The molecule has 0 spiro atoms. The molecule has 1 aliphatic rings. The number of nitrogens with one attached hydrogen (secondary N) is 2. The first-order chi connectivity index (χ1) is 22.1. The van der Waals surface area contributed by atoms with Crippen molar-refractivity contribution in [3.05, 3.63) is 113 Å². The van der Waals surface area contributed by atoms with Crippen LogP contribution >= 0.6 is 63.7 Å². The molecule has 10 heteroatoms. The van der Waals surface area contributed by atoms with E-state index in [1.54, 1.807) is 12.4 Å². The second kappa shape index (κ2) is 16.0. The van der Waals surface area contributed by atoms with E-state index in [1.165, 1.54) is 0 Å². The molecule has 0 radical (unpaired) electrons. The Hall–Kier alpha value is -2.66. The van der Waals surface area contributed by atoms with Crippen molar-refractivity contribution in [1.29, 1.82) is 0 Å². The summed E-state index contributed by atoms with van der Waals surface area (Å²) in [5.74, 6) is 0.245. The van der Waals surface area contributed by atoms with E-state index in [4.69, 9.17) is 9.98 Å². The Morgan fingerprint density at radius 1 is 0.630 bits per heavy atom. The molecule has 46 heavy (non-hydrogen) atoms. The summed E-state index contributed by atoms with van der Waals surface area (Å²) in [4.78, 5) is 9.92. The monoisotopic (exact) mass is 872 g/mol. The van der Waals surface area contributed by atoms with Crippen LogP contribution in [0.5, 0.6) is 11.5 Å². The van der Waals surface area contributed by atoms with Gasteiger partial charge in [0.25, 0.3) is 0 Å². The van der Waals surface area contributed by atoms with Gasteiger partial charge in [-0.05, 0) is 114 Å². The predicted octanol–water partition coefficient (Wildman–Crippen LogP) is 11.3. The van der Waals surface area contributed by atoms with Crippen LogP contribution in [0.4, 0.5) is 11.4 Å². The van der Waals surface area contributed by atoms with Crippen molar-refractivity contribution in [1.82, 2.24) is 0 Å². The topological polar surface area (TPSA) is 89.2 Å². The zero-order chi connectivity index (χ0) is 32.8. The van der Waals surface area contributed by atoms with Crippen molar-refractivity contribution >= 4 is 87.5 Å².